The van der Waals surface area contributed by atoms with Crippen molar-refractivity contribution in [3.8, 4) is 0 Å². The molecule has 0 atom stereocenters. The van der Waals surface area contributed by atoms with Gasteiger partial charge in [0.2, 0.25) is 0 Å². The second kappa shape index (κ2) is 14.6. The van der Waals surface area contributed by atoms with Gasteiger partial charge in [-0.2, -0.15) is 0 Å². The fraction of sp³-hybridized carbons (Fsp3) is 1.00. The molecule has 0 unspecified atom stereocenters. The van der Waals surface area contributed by atoms with Gasteiger partial charge in [0.1, 0.15) is 0 Å². The van der Waals surface area contributed by atoms with Crippen molar-refractivity contribution in [3.05, 3.63) is 0 Å². The van der Waals surface area contributed by atoms with Crippen molar-refractivity contribution in [1.29, 1.82) is 0 Å². The van der Waals surface area contributed by atoms with Crippen molar-refractivity contribution in [1.82, 2.24) is 0 Å². The molecule has 0 N–H and O–H groups in total. The summed E-state index contributed by atoms with van der Waals surface area (Å²) >= 11 is 0. The van der Waals surface area contributed by atoms with Gasteiger partial charge in [-0.15, -0.1) is 0 Å². The first-order valence-corrected chi connectivity index (χ1v) is 10.7. The highest BCUT2D eigenvalue weighted by Gasteiger charge is 2.35. The summed E-state index contributed by atoms with van der Waals surface area (Å²) in [6.45, 7) is 11.8. The molecular weight excluding hydrogens is 264 g/mol. The van der Waals surface area contributed by atoms with Gasteiger partial charge in [-0.1, -0.05) is 98.8 Å². The van der Waals surface area contributed by atoms with Gasteiger partial charge in [0.25, 0.3) is 0 Å². The molecular formula is C22H46. The van der Waals surface area contributed by atoms with Crippen molar-refractivity contribution in [2.45, 2.75) is 131 Å². The van der Waals surface area contributed by atoms with Gasteiger partial charge in [0.15, 0.2) is 0 Å². The highest BCUT2D eigenvalue weighted by atomic mass is 14.4. The van der Waals surface area contributed by atoms with Crippen LogP contribution < -0.4 is 0 Å². The third kappa shape index (κ3) is 8.59. The maximum Gasteiger partial charge on any atom is -0.0269 e. The molecule has 0 aliphatic rings. The average molecular weight is 311 g/mol. The fourth-order valence-electron chi connectivity index (χ4n) is 4.23. The lowest BCUT2D eigenvalue weighted by Gasteiger charge is -2.42. The molecule has 0 spiro atoms. The topological polar surface area (TPSA) is 0 Å². The predicted octanol–water partition coefficient (Wildman–Crippen LogP) is 8.54. The summed E-state index contributed by atoms with van der Waals surface area (Å²) in [6, 6.07) is 0. The summed E-state index contributed by atoms with van der Waals surface area (Å²) in [5, 5.41) is 0. The molecule has 0 heteroatoms. The molecule has 0 nitrogen and oxygen atoms in total. The van der Waals surface area contributed by atoms with Crippen molar-refractivity contribution < 1.29 is 0 Å². The first-order valence-electron chi connectivity index (χ1n) is 10.7. The molecule has 134 valence electrons. The molecule has 22 heavy (non-hydrogen) atoms. The van der Waals surface area contributed by atoms with Crippen molar-refractivity contribution in [2.75, 3.05) is 0 Å². The number of unbranched alkanes of at least 4 members (excludes halogenated alkanes) is 5. The molecule has 0 fully saturated rings. The molecule has 0 amide bonds. The Kier molecular flexibility index (Phi) is 14.6. The quantitative estimate of drug-likeness (QED) is 0.268. The van der Waals surface area contributed by atoms with Crippen LogP contribution in [0.25, 0.3) is 0 Å². The molecule has 0 saturated carbocycles. The maximum absolute atomic E-state index is 2.37. The van der Waals surface area contributed by atoms with Gasteiger partial charge in [0, 0.05) is 0 Å². The summed E-state index contributed by atoms with van der Waals surface area (Å²) in [5.74, 6) is 0.997. The van der Waals surface area contributed by atoms with Crippen LogP contribution in [0.3, 0.4) is 0 Å². The number of hydrogen-bond donors (Lipinski definition) is 0. The van der Waals surface area contributed by atoms with E-state index in [1.165, 1.54) is 96.3 Å². The van der Waals surface area contributed by atoms with E-state index in [9.17, 15) is 0 Å². The summed E-state index contributed by atoms with van der Waals surface area (Å²) < 4.78 is 0. The lowest BCUT2D eigenvalue weighted by molar-refractivity contribution is 0.0844. The monoisotopic (exact) mass is 310 g/mol. The Morgan fingerprint density at radius 1 is 0.500 bits per heavy atom. The Labute approximate surface area is 142 Å². The summed E-state index contributed by atoms with van der Waals surface area (Å²) in [5.41, 5.74) is 0.673. The second-order valence-corrected chi connectivity index (χ2v) is 7.65. The minimum atomic E-state index is 0.673. The Balaban J connectivity index is 5.13. The molecule has 0 aliphatic heterocycles. The van der Waals surface area contributed by atoms with Crippen LogP contribution in [0.4, 0.5) is 0 Å². The van der Waals surface area contributed by atoms with Crippen LogP contribution in [0.5, 0.6) is 0 Å². The Hall–Kier alpha value is 0. The summed E-state index contributed by atoms with van der Waals surface area (Å²) in [4.78, 5) is 0. The van der Waals surface area contributed by atoms with E-state index < -0.39 is 0 Å². The van der Waals surface area contributed by atoms with Gasteiger partial charge in [0.05, 0.1) is 0 Å². The van der Waals surface area contributed by atoms with Crippen LogP contribution in [0.2, 0.25) is 0 Å². The Bertz CT molecular complexity index is 188. The van der Waals surface area contributed by atoms with Crippen molar-refractivity contribution in [2.24, 2.45) is 11.3 Å². The smallest absolute Gasteiger partial charge is 0.0269 e. The number of hydrogen-bond acceptors (Lipinski definition) is 0. The molecule has 0 heterocycles. The van der Waals surface area contributed by atoms with Gasteiger partial charge in [-0.05, 0) is 43.4 Å². The molecule has 0 saturated heterocycles. The van der Waals surface area contributed by atoms with Gasteiger partial charge < -0.3 is 0 Å². The SMILES string of the molecule is CCCCC(CCCC)C(CCCC)(CCCC)CCCC. The zero-order valence-corrected chi connectivity index (χ0v) is 16.7. The minimum absolute atomic E-state index is 0.673. The first-order chi connectivity index (χ1) is 10.7. The van der Waals surface area contributed by atoms with E-state index in [2.05, 4.69) is 34.6 Å². The highest BCUT2D eigenvalue weighted by molar-refractivity contribution is 4.86. The van der Waals surface area contributed by atoms with Crippen LogP contribution >= 0.6 is 0 Å². The summed E-state index contributed by atoms with van der Waals surface area (Å²) in [6.07, 6.45) is 21.6. The average Bonchev–Trinajstić information content (AvgIpc) is 2.55. The van der Waals surface area contributed by atoms with E-state index in [1.807, 2.05) is 0 Å². The van der Waals surface area contributed by atoms with Crippen molar-refractivity contribution in [3.63, 3.8) is 0 Å². The van der Waals surface area contributed by atoms with E-state index in [4.69, 9.17) is 0 Å². The fourth-order valence-corrected chi connectivity index (χ4v) is 4.23. The van der Waals surface area contributed by atoms with Gasteiger partial charge in [-0.3, -0.25) is 0 Å². The first kappa shape index (κ1) is 22.0. The van der Waals surface area contributed by atoms with Crippen LogP contribution in [0, 0.1) is 11.3 Å². The molecule has 0 aliphatic carbocycles. The molecule has 0 rings (SSSR count). The second-order valence-electron chi connectivity index (χ2n) is 7.65. The molecule has 0 aromatic rings. The van der Waals surface area contributed by atoms with Crippen LogP contribution in [-0.4, -0.2) is 0 Å². The normalized spacial score (nSPS) is 12.3. The Morgan fingerprint density at radius 2 is 0.818 bits per heavy atom. The van der Waals surface area contributed by atoms with Gasteiger partial charge in [-0.25, -0.2) is 0 Å². The molecule has 0 radical (unpaired) electrons. The van der Waals surface area contributed by atoms with Crippen LogP contribution in [0.15, 0.2) is 0 Å². The molecule has 0 aromatic carbocycles. The zero-order valence-electron chi connectivity index (χ0n) is 16.7. The highest BCUT2D eigenvalue weighted by Crippen LogP contribution is 2.47. The minimum Gasteiger partial charge on any atom is -0.0654 e. The molecule has 0 aromatic heterocycles. The van der Waals surface area contributed by atoms with Crippen molar-refractivity contribution >= 4 is 0 Å². The third-order valence-electron chi connectivity index (χ3n) is 5.76. The van der Waals surface area contributed by atoms with Crippen LogP contribution in [-0.2, 0) is 0 Å². The van der Waals surface area contributed by atoms with E-state index in [-0.39, 0.29) is 0 Å². The van der Waals surface area contributed by atoms with E-state index >= 15 is 0 Å². The Morgan fingerprint density at radius 3 is 1.09 bits per heavy atom. The molecule has 0 bridgehead atoms. The van der Waals surface area contributed by atoms with E-state index in [0.717, 1.165) is 5.92 Å². The lowest BCUT2D eigenvalue weighted by Crippen LogP contribution is -2.31. The van der Waals surface area contributed by atoms with E-state index in [0.29, 0.717) is 5.41 Å². The van der Waals surface area contributed by atoms with E-state index in [1.54, 1.807) is 0 Å². The lowest BCUT2D eigenvalue weighted by atomic mass is 9.63. The number of rotatable bonds is 16. The maximum atomic E-state index is 2.37. The zero-order chi connectivity index (χ0) is 16.7. The standard InChI is InChI=1S/C22H46/c1-6-11-16-21(17-12-7-2)22(18-13-8-3,19-14-9-4)20-15-10-5/h21H,6-20H2,1-5H3. The largest absolute Gasteiger partial charge is 0.0654 e. The van der Waals surface area contributed by atoms with Crippen LogP contribution in [0.1, 0.15) is 131 Å². The predicted molar refractivity (Wildman–Crippen MR) is 104 cm³/mol. The third-order valence-corrected chi connectivity index (χ3v) is 5.76. The summed E-state index contributed by atoms with van der Waals surface area (Å²) in [7, 11) is 0. The van der Waals surface area contributed by atoms with Gasteiger partial charge >= 0.3 is 0 Å².